The summed E-state index contributed by atoms with van der Waals surface area (Å²) in [6.45, 7) is 2.79. The molecular formula is C15H19N3O. The second-order valence-electron chi connectivity index (χ2n) is 4.89. The van der Waals surface area contributed by atoms with Crippen LogP contribution in [0.2, 0.25) is 0 Å². The lowest BCUT2D eigenvalue weighted by atomic mass is 9.99. The molecule has 4 nitrogen and oxygen atoms in total. The molecule has 1 saturated heterocycles. The van der Waals surface area contributed by atoms with E-state index in [0.29, 0.717) is 25.4 Å². The topological polar surface area (TPSA) is 56.1 Å². The van der Waals surface area contributed by atoms with Crippen molar-refractivity contribution >= 4 is 5.91 Å². The van der Waals surface area contributed by atoms with Gasteiger partial charge >= 0.3 is 0 Å². The van der Waals surface area contributed by atoms with E-state index in [2.05, 4.69) is 34.5 Å². The minimum absolute atomic E-state index is 0.0176. The van der Waals surface area contributed by atoms with Gasteiger partial charge in [0.2, 0.25) is 5.91 Å². The first kappa shape index (κ1) is 13.6. The highest BCUT2D eigenvalue weighted by molar-refractivity contribution is 5.78. The number of amides is 1. The van der Waals surface area contributed by atoms with Gasteiger partial charge in [-0.25, -0.2) is 0 Å². The number of likely N-dealkylation sites (tertiary alicyclic amines) is 1. The van der Waals surface area contributed by atoms with Crippen LogP contribution in [0.15, 0.2) is 30.3 Å². The Bertz CT molecular complexity index is 452. The van der Waals surface area contributed by atoms with Crippen molar-refractivity contribution in [3.05, 3.63) is 35.9 Å². The van der Waals surface area contributed by atoms with E-state index in [9.17, 15) is 4.79 Å². The lowest BCUT2D eigenvalue weighted by molar-refractivity contribution is -0.121. The highest BCUT2D eigenvalue weighted by Crippen LogP contribution is 2.26. The van der Waals surface area contributed by atoms with Gasteiger partial charge in [0.15, 0.2) is 0 Å². The molecule has 1 atom stereocenters. The molecule has 0 aromatic heterocycles. The smallest absolute Gasteiger partial charge is 0.234 e. The van der Waals surface area contributed by atoms with Crippen LogP contribution in [0.3, 0.4) is 0 Å². The number of carbonyl (C=O) groups excluding carboxylic acids is 1. The summed E-state index contributed by atoms with van der Waals surface area (Å²) in [4.78, 5) is 13.8. The molecule has 4 heteroatoms. The van der Waals surface area contributed by atoms with Gasteiger partial charge in [-0.15, -0.1) is 0 Å². The van der Waals surface area contributed by atoms with Gasteiger partial charge in [-0.1, -0.05) is 30.3 Å². The molecule has 0 unspecified atom stereocenters. The van der Waals surface area contributed by atoms with Crippen molar-refractivity contribution in [3.8, 4) is 6.07 Å². The Morgan fingerprint density at radius 3 is 2.95 bits per heavy atom. The zero-order valence-electron chi connectivity index (χ0n) is 11.0. The molecule has 1 amide bonds. The number of carbonyl (C=O) groups is 1. The fraction of sp³-hybridized carbons (Fsp3) is 0.467. The van der Waals surface area contributed by atoms with Crippen LogP contribution >= 0.6 is 0 Å². The zero-order valence-corrected chi connectivity index (χ0v) is 11.0. The molecule has 1 aliphatic rings. The number of hydrogen-bond acceptors (Lipinski definition) is 3. The summed E-state index contributed by atoms with van der Waals surface area (Å²) in [6, 6.07) is 12.5. The zero-order chi connectivity index (χ0) is 13.5. The van der Waals surface area contributed by atoms with E-state index < -0.39 is 0 Å². The van der Waals surface area contributed by atoms with Crippen LogP contribution in [0.1, 0.15) is 24.3 Å². The van der Waals surface area contributed by atoms with Gasteiger partial charge in [-0.3, -0.25) is 9.69 Å². The molecule has 1 aliphatic heterocycles. The van der Waals surface area contributed by atoms with Crippen LogP contribution in [0.25, 0.3) is 0 Å². The molecular weight excluding hydrogens is 238 g/mol. The Kier molecular flexibility index (Phi) is 4.93. The average molecular weight is 257 g/mol. The maximum Gasteiger partial charge on any atom is 0.234 e. The Labute approximate surface area is 114 Å². The number of rotatable bonds is 5. The van der Waals surface area contributed by atoms with E-state index in [4.69, 9.17) is 5.26 Å². The van der Waals surface area contributed by atoms with Crippen LogP contribution in [0, 0.1) is 11.3 Å². The van der Waals surface area contributed by atoms with Crippen LogP contribution in [0.4, 0.5) is 0 Å². The number of nitrogens with one attached hydrogen (secondary N) is 1. The van der Waals surface area contributed by atoms with Crippen LogP contribution < -0.4 is 5.32 Å². The molecule has 100 valence electrons. The van der Waals surface area contributed by atoms with Crippen LogP contribution in [-0.2, 0) is 4.79 Å². The Morgan fingerprint density at radius 1 is 1.42 bits per heavy atom. The highest BCUT2D eigenvalue weighted by atomic mass is 16.2. The van der Waals surface area contributed by atoms with Gasteiger partial charge in [-0.05, 0) is 24.4 Å². The number of nitrogens with zero attached hydrogens (tertiary/aromatic N) is 2. The molecule has 0 bridgehead atoms. The lowest BCUT2D eigenvalue weighted by Crippen LogP contribution is -2.36. The van der Waals surface area contributed by atoms with E-state index in [1.54, 1.807) is 0 Å². The maximum atomic E-state index is 11.7. The molecule has 1 aromatic rings. The molecule has 1 fully saturated rings. The van der Waals surface area contributed by atoms with E-state index in [-0.39, 0.29) is 5.91 Å². The monoisotopic (exact) mass is 257 g/mol. The predicted molar refractivity (Wildman–Crippen MR) is 73.5 cm³/mol. The minimum atomic E-state index is 0.0176. The maximum absolute atomic E-state index is 11.7. The first-order valence-corrected chi connectivity index (χ1v) is 6.70. The summed E-state index contributed by atoms with van der Waals surface area (Å²) in [6.07, 6.45) is 1.48. The van der Waals surface area contributed by atoms with Gasteiger partial charge < -0.3 is 5.32 Å². The molecule has 0 aliphatic carbocycles. The van der Waals surface area contributed by atoms with Gasteiger partial charge in [0, 0.05) is 13.1 Å². The first-order valence-electron chi connectivity index (χ1n) is 6.70. The van der Waals surface area contributed by atoms with E-state index >= 15 is 0 Å². The van der Waals surface area contributed by atoms with Crippen LogP contribution in [-0.4, -0.2) is 37.0 Å². The Balaban J connectivity index is 1.76. The van der Waals surface area contributed by atoms with Gasteiger partial charge in [0.05, 0.1) is 19.0 Å². The third-order valence-corrected chi connectivity index (χ3v) is 3.47. The van der Waals surface area contributed by atoms with E-state index in [0.717, 1.165) is 19.5 Å². The molecule has 19 heavy (non-hydrogen) atoms. The fourth-order valence-electron chi connectivity index (χ4n) is 2.49. The summed E-state index contributed by atoms with van der Waals surface area (Å²) < 4.78 is 0. The molecule has 1 heterocycles. The average Bonchev–Trinajstić information content (AvgIpc) is 2.88. The molecule has 1 aromatic carbocycles. The van der Waals surface area contributed by atoms with Crippen molar-refractivity contribution < 1.29 is 4.79 Å². The van der Waals surface area contributed by atoms with Gasteiger partial charge in [-0.2, -0.15) is 5.26 Å². The molecule has 0 spiro atoms. The predicted octanol–water partition coefficient (Wildman–Crippen LogP) is 1.51. The standard InChI is InChI=1S/C15H19N3O/c16-8-4-9-17-15(19)12-18-10-7-14(11-18)13-5-2-1-3-6-13/h1-3,5-6,14H,4,7,9-12H2,(H,17,19)/t14-/m1/s1. The third-order valence-electron chi connectivity index (χ3n) is 3.47. The SMILES string of the molecule is N#CCCNC(=O)CN1CC[C@@H](c2ccccc2)C1. The van der Waals surface area contributed by atoms with Crippen molar-refractivity contribution in [1.82, 2.24) is 10.2 Å². The Morgan fingerprint density at radius 2 is 2.21 bits per heavy atom. The van der Waals surface area contributed by atoms with E-state index in [1.165, 1.54) is 5.56 Å². The summed E-state index contributed by atoms with van der Waals surface area (Å²) >= 11 is 0. The van der Waals surface area contributed by atoms with Gasteiger partial charge in [0.25, 0.3) is 0 Å². The van der Waals surface area contributed by atoms with Crippen molar-refractivity contribution in [2.24, 2.45) is 0 Å². The summed E-state index contributed by atoms with van der Waals surface area (Å²) in [5, 5.41) is 11.2. The number of benzene rings is 1. The number of nitriles is 1. The summed E-state index contributed by atoms with van der Waals surface area (Å²) in [7, 11) is 0. The fourth-order valence-corrected chi connectivity index (χ4v) is 2.49. The summed E-state index contributed by atoms with van der Waals surface area (Å²) in [5.74, 6) is 0.553. The van der Waals surface area contributed by atoms with Crippen molar-refractivity contribution in [3.63, 3.8) is 0 Å². The normalized spacial score (nSPS) is 19.0. The highest BCUT2D eigenvalue weighted by Gasteiger charge is 2.24. The second kappa shape index (κ2) is 6.91. The quantitative estimate of drug-likeness (QED) is 0.813. The molecule has 0 radical (unpaired) electrons. The lowest BCUT2D eigenvalue weighted by Gasteiger charge is -2.15. The van der Waals surface area contributed by atoms with Crippen molar-refractivity contribution in [1.29, 1.82) is 5.26 Å². The minimum Gasteiger partial charge on any atom is -0.354 e. The third kappa shape index (κ3) is 4.08. The second-order valence-corrected chi connectivity index (χ2v) is 4.89. The largest absolute Gasteiger partial charge is 0.354 e. The molecule has 0 saturated carbocycles. The van der Waals surface area contributed by atoms with Gasteiger partial charge in [0.1, 0.15) is 0 Å². The number of hydrogen-bond donors (Lipinski definition) is 1. The molecule has 2 rings (SSSR count). The molecule has 1 N–H and O–H groups in total. The first-order chi connectivity index (χ1) is 9.29. The summed E-state index contributed by atoms with van der Waals surface area (Å²) in [5.41, 5.74) is 1.36. The Hall–Kier alpha value is -1.86. The van der Waals surface area contributed by atoms with Crippen LogP contribution in [0.5, 0.6) is 0 Å². The van der Waals surface area contributed by atoms with E-state index in [1.807, 2.05) is 12.1 Å². The van der Waals surface area contributed by atoms with Crippen molar-refractivity contribution in [2.75, 3.05) is 26.2 Å². The van der Waals surface area contributed by atoms with Crippen molar-refractivity contribution in [2.45, 2.75) is 18.8 Å².